The number of carbonyl (C=O) groups is 1. The van der Waals surface area contributed by atoms with Crippen LogP contribution in [0, 0.1) is 5.92 Å². The van der Waals surface area contributed by atoms with Crippen LogP contribution in [0.15, 0.2) is 36.0 Å². The van der Waals surface area contributed by atoms with Gasteiger partial charge in [0, 0.05) is 5.92 Å². The van der Waals surface area contributed by atoms with Gasteiger partial charge in [-0.3, -0.25) is 4.79 Å². The molecule has 0 unspecified atom stereocenters. The molecule has 0 aromatic rings. The normalized spacial score (nSPS) is 22.4. The summed E-state index contributed by atoms with van der Waals surface area (Å²) >= 11 is 0. The van der Waals surface area contributed by atoms with Crippen LogP contribution in [-0.2, 0) is 4.79 Å². The number of carbonyl (C=O) groups excluding carboxylic acids is 1. The quantitative estimate of drug-likeness (QED) is 0.652. The first-order chi connectivity index (χ1) is 7.86. The van der Waals surface area contributed by atoms with Crippen LogP contribution in [0.2, 0.25) is 0 Å². The van der Waals surface area contributed by atoms with Crippen LogP contribution in [-0.4, -0.2) is 5.78 Å². The van der Waals surface area contributed by atoms with Crippen molar-refractivity contribution < 1.29 is 4.79 Å². The van der Waals surface area contributed by atoms with Gasteiger partial charge < -0.3 is 0 Å². The molecule has 1 nitrogen and oxygen atoms in total. The van der Waals surface area contributed by atoms with Crippen molar-refractivity contribution in [1.29, 1.82) is 0 Å². The first-order valence-corrected chi connectivity index (χ1v) is 6.45. The van der Waals surface area contributed by atoms with Gasteiger partial charge in [0.1, 0.15) is 0 Å². The summed E-state index contributed by atoms with van der Waals surface area (Å²) in [4.78, 5) is 11.9. The van der Waals surface area contributed by atoms with Gasteiger partial charge in [0.2, 0.25) is 0 Å². The van der Waals surface area contributed by atoms with Crippen LogP contribution in [0.25, 0.3) is 0 Å². The van der Waals surface area contributed by atoms with Crippen LogP contribution in [0.5, 0.6) is 0 Å². The van der Waals surface area contributed by atoms with Crippen molar-refractivity contribution in [3.8, 4) is 0 Å². The second kappa shape index (κ2) is 5.83. The topological polar surface area (TPSA) is 17.1 Å². The van der Waals surface area contributed by atoms with Crippen LogP contribution in [0.1, 0.15) is 44.9 Å². The van der Waals surface area contributed by atoms with Crippen LogP contribution < -0.4 is 0 Å². The summed E-state index contributed by atoms with van der Waals surface area (Å²) in [5, 5.41) is 0. The number of ketones is 1. The van der Waals surface area contributed by atoms with Crippen molar-refractivity contribution in [2.45, 2.75) is 44.9 Å². The van der Waals surface area contributed by atoms with Gasteiger partial charge in [-0.15, -0.1) is 0 Å². The first-order valence-electron chi connectivity index (χ1n) is 6.45. The molecule has 0 saturated heterocycles. The van der Waals surface area contributed by atoms with Crippen LogP contribution >= 0.6 is 0 Å². The number of rotatable bonds is 3. The zero-order valence-electron chi connectivity index (χ0n) is 9.82. The Balaban J connectivity index is 1.88. The van der Waals surface area contributed by atoms with Crippen LogP contribution in [0.4, 0.5) is 0 Å². The molecule has 0 aromatic carbocycles. The summed E-state index contributed by atoms with van der Waals surface area (Å²) < 4.78 is 0. The van der Waals surface area contributed by atoms with E-state index in [0.29, 0.717) is 11.7 Å². The highest BCUT2D eigenvalue weighted by molar-refractivity contribution is 5.92. The Morgan fingerprint density at radius 1 is 1.19 bits per heavy atom. The molecule has 0 spiro atoms. The average molecular weight is 216 g/mol. The lowest BCUT2D eigenvalue weighted by Crippen LogP contribution is -2.15. The Hall–Kier alpha value is -1.11. The molecule has 0 radical (unpaired) electrons. The third-order valence-electron chi connectivity index (χ3n) is 3.47. The molecule has 1 heteroatoms. The summed E-state index contributed by atoms with van der Waals surface area (Å²) in [7, 11) is 0. The molecule has 86 valence electrons. The van der Waals surface area contributed by atoms with Gasteiger partial charge in [0.05, 0.1) is 0 Å². The molecule has 16 heavy (non-hydrogen) atoms. The molecular formula is C15H20O. The molecule has 1 fully saturated rings. The highest BCUT2D eigenvalue weighted by Crippen LogP contribution is 2.24. The lowest BCUT2D eigenvalue weighted by molar-refractivity contribution is -0.119. The Kier molecular flexibility index (Phi) is 4.15. The molecule has 0 amide bonds. The summed E-state index contributed by atoms with van der Waals surface area (Å²) in [6.45, 7) is 0. The predicted octanol–water partition coefficient (Wildman–Crippen LogP) is 3.97. The van der Waals surface area contributed by atoms with Gasteiger partial charge in [-0.1, -0.05) is 43.6 Å². The Morgan fingerprint density at radius 3 is 2.69 bits per heavy atom. The third kappa shape index (κ3) is 3.19. The highest BCUT2D eigenvalue weighted by atomic mass is 16.1. The molecule has 1 saturated carbocycles. The van der Waals surface area contributed by atoms with E-state index in [1.165, 1.54) is 24.8 Å². The molecule has 2 rings (SSSR count). The largest absolute Gasteiger partial charge is 0.295 e. The maximum Gasteiger partial charge on any atom is 0.158 e. The van der Waals surface area contributed by atoms with E-state index in [9.17, 15) is 4.79 Å². The van der Waals surface area contributed by atoms with E-state index in [2.05, 4.69) is 18.2 Å². The van der Waals surface area contributed by atoms with E-state index in [4.69, 9.17) is 0 Å². The predicted molar refractivity (Wildman–Crippen MR) is 67.2 cm³/mol. The number of hydrogen-bond donors (Lipinski definition) is 0. The maximum absolute atomic E-state index is 11.9. The fourth-order valence-electron chi connectivity index (χ4n) is 2.46. The average Bonchev–Trinajstić information content (AvgIpc) is 2.38. The highest BCUT2D eigenvalue weighted by Gasteiger charge is 2.18. The first kappa shape index (κ1) is 11.4. The summed E-state index contributed by atoms with van der Waals surface area (Å²) in [6.07, 6.45) is 18.4. The standard InChI is InChI=1S/C15H20O/c16-15(14-9-5-2-6-10-14)12-11-13-7-3-1-4-8-13/h3,7-8,11-12,14H,1-2,4-6,9-10H2. The minimum absolute atomic E-state index is 0.304. The lowest BCUT2D eigenvalue weighted by Gasteiger charge is -2.18. The van der Waals surface area contributed by atoms with Gasteiger partial charge >= 0.3 is 0 Å². The van der Waals surface area contributed by atoms with E-state index in [0.717, 1.165) is 25.7 Å². The molecule has 0 bridgehead atoms. The lowest BCUT2D eigenvalue weighted by atomic mass is 9.86. The minimum atomic E-state index is 0.304. The van der Waals surface area contributed by atoms with Crippen molar-refractivity contribution in [2.75, 3.05) is 0 Å². The van der Waals surface area contributed by atoms with E-state index in [-0.39, 0.29) is 0 Å². The molecule has 2 aliphatic rings. The van der Waals surface area contributed by atoms with E-state index < -0.39 is 0 Å². The van der Waals surface area contributed by atoms with E-state index in [1.54, 1.807) is 6.08 Å². The molecule has 0 aromatic heterocycles. The zero-order valence-corrected chi connectivity index (χ0v) is 9.82. The third-order valence-corrected chi connectivity index (χ3v) is 3.47. The zero-order chi connectivity index (χ0) is 11.2. The smallest absolute Gasteiger partial charge is 0.158 e. The molecule has 0 atom stereocenters. The van der Waals surface area contributed by atoms with Crippen molar-refractivity contribution in [3.05, 3.63) is 36.0 Å². The van der Waals surface area contributed by atoms with Crippen LogP contribution in [0.3, 0.4) is 0 Å². The summed E-state index contributed by atoms with van der Waals surface area (Å²) in [5.41, 5.74) is 1.19. The van der Waals surface area contributed by atoms with Gasteiger partial charge in [0.15, 0.2) is 5.78 Å². The Morgan fingerprint density at radius 2 is 2.00 bits per heavy atom. The molecule has 2 aliphatic carbocycles. The molecule has 0 N–H and O–H groups in total. The Labute approximate surface area is 97.9 Å². The fraction of sp³-hybridized carbons (Fsp3) is 0.533. The second-order valence-corrected chi connectivity index (χ2v) is 4.75. The number of hydrogen-bond acceptors (Lipinski definition) is 1. The van der Waals surface area contributed by atoms with Gasteiger partial charge in [0.25, 0.3) is 0 Å². The van der Waals surface area contributed by atoms with E-state index >= 15 is 0 Å². The summed E-state index contributed by atoms with van der Waals surface area (Å²) in [6, 6.07) is 0. The molecular weight excluding hydrogens is 196 g/mol. The van der Waals surface area contributed by atoms with Crippen molar-refractivity contribution in [2.24, 2.45) is 5.92 Å². The molecule has 0 aliphatic heterocycles. The monoisotopic (exact) mass is 216 g/mol. The van der Waals surface area contributed by atoms with Gasteiger partial charge in [-0.05, 0) is 37.3 Å². The van der Waals surface area contributed by atoms with Gasteiger partial charge in [-0.25, -0.2) is 0 Å². The number of allylic oxidation sites excluding steroid dienone is 6. The fourth-order valence-corrected chi connectivity index (χ4v) is 2.46. The van der Waals surface area contributed by atoms with Crippen molar-refractivity contribution in [1.82, 2.24) is 0 Å². The van der Waals surface area contributed by atoms with E-state index in [1.807, 2.05) is 6.08 Å². The maximum atomic E-state index is 11.9. The van der Waals surface area contributed by atoms with Crippen molar-refractivity contribution >= 4 is 5.78 Å². The Bertz CT molecular complexity index is 327. The summed E-state index contributed by atoms with van der Waals surface area (Å²) in [5.74, 6) is 0.637. The minimum Gasteiger partial charge on any atom is -0.295 e. The molecule has 0 heterocycles. The SMILES string of the molecule is O=C(C=CC1=CCCC=C1)C1CCCCC1. The van der Waals surface area contributed by atoms with Crippen molar-refractivity contribution in [3.63, 3.8) is 0 Å². The van der Waals surface area contributed by atoms with Gasteiger partial charge in [-0.2, -0.15) is 0 Å². The second-order valence-electron chi connectivity index (χ2n) is 4.75.